The number of hydrogen-bond acceptors (Lipinski definition) is 6. The van der Waals surface area contributed by atoms with Crippen LogP contribution in [0, 0.1) is 0 Å². The van der Waals surface area contributed by atoms with E-state index in [1.165, 1.54) is 6.92 Å². The predicted molar refractivity (Wildman–Crippen MR) is 57.0 cm³/mol. The number of aliphatic hydroxyl groups is 3. The molecule has 1 aliphatic heterocycles. The number of ether oxygens (including phenoxy) is 1. The van der Waals surface area contributed by atoms with Crippen molar-refractivity contribution in [1.29, 1.82) is 0 Å². The molecule has 0 bridgehead atoms. The first kappa shape index (κ1) is 21.3. The standard InChI is InChI=1S/C6H13O8P.2Na/c1-2-3(7)4(8)5(9)6(13-2)14-15(10,11)12;;/h2-9H,1H3,(H2,10,11,12);;/t2-,3+,4+,5-,6?;;/m0../s1. The van der Waals surface area contributed by atoms with E-state index in [0.29, 0.717) is 0 Å². The number of hydrogen-bond donors (Lipinski definition) is 5. The first-order valence-corrected chi connectivity index (χ1v) is 5.69. The van der Waals surface area contributed by atoms with Crippen molar-refractivity contribution in [2.24, 2.45) is 0 Å². The van der Waals surface area contributed by atoms with Crippen LogP contribution in [0.15, 0.2) is 0 Å². The molecule has 5 N–H and O–H groups in total. The Bertz CT molecular complexity index is 273. The van der Waals surface area contributed by atoms with Crippen molar-refractivity contribution in [3.63, 3.8) is 0 Å². The molecular weight excluding hydrogens is 277 g/mol. The van der Waals surface area contributed by atoms with Gasteiger partial charge in [0.15, 0.2) is 6.29 Å². The molecule has 0 saturated carbocycles. The number of phosphoric acid groups is 1. The Labute approximate surface area is 142 Å². The van der Waals surface area contributed by atoms with E-state index in [-0.39, 0.29) is 59.1 Å². The van der Waals surface area contributed by atoms with Gasteiger partial charge in [-0.15, -0.1) is 0 Å². The van der Waals surface area contributed by atoms with Crippen molar-refractivity contribution >= 4 is 66.9 Å². The third-order valence-corrected chi connectivity index (χ3v) is 2.53. The smallest absolute Gasteiger partial charge is 0.388 e. The second kappa shape index (κ2) is 8.28. The molecule has 1 aliphatic rings. The topological polar surface area (TPSA) is 137 Å². The molecule has 5 atom stereocenters. The predicted octanol–water partition coefficient (Wildman–Crippen LogP) is -2.84. The molecule has 0 aliphatic carbocycles. The monoisotopic (exact) mass is 290 g/mol. The quantitative estimate of drug-likeness (QED) is 0.271. The van der Waals surface area contributed by atoms with E-state index in [0.717, 1.165) is 0 Å². The van der Waals surface area contributed by atoms with Crippen LogP contribution in [0.25, 0.3) is 0 Å². The Kier molecular flexibility index (Phi) is 10.4. The van der Waals surface area contributed by atoms with Crippen LogP contribution in [0.1, 0.15) is 6.92 Å². The van der Waals surface area contributed by atoms with Crippen LogP contribution in [0.5, 0.6) is 0 Å². The van der Waals surface area contributed by atoms with Crippen molar-refractivity contribution in [3.05, 3.63) is 0 Å². The van der Waals surface area contributed by atoms with Crippen LogP contribution < -0.4 is 0 Å². The van der Waals surface area contributed by atoms with Crippen LogP contribution in [0.4, 0.5) is 0 Å². The Morgan fingerprint density at radius 3 is 1.94 bits per heavy atom. The second-order valence-electron chi connectivity index (χ2n) is 3.28. The summed E-state index contributed by atoms with van der Waals surface area (Å²) in [5, 5.41) is 27.8. The number of phosphoric ester groups is 1. The van der Waals surface area contributed by atoms with Gasteiger partial charge in [-0.3, -0.25) is 4.52 Å². The minimum Gasteiger partial charge on any atom is -0.388 e. The van der Waals surface area contributed by atoms with Crippen molar-refractivity contribution < 1.29 is 38.9 Å². The zero-order valence-electron chi connectivity index (χ0n) is 9.79. The van der Waals surface area contributed by atoms with Crippen LogP contribution in [0.2, 0.25) is 0 Å². The maximum Gasteiger partial charge on any atom is 0.472 e. The fourth-order valence-electron chi connectivity index (χ4n) is 1.24. The summed E-state index contributed by atoms with van der Waals surface area (Å²) in [6.45, 7) is 1.37. The molecule has 0 amide bonds. The summed E-state index contributed by atoms with van der Waals surface area (Å²) in [5.74, 6) is 0. The average Bonchev–Trinajstić information content (AvgIpc) is 2.08. The Morgan fingerprint density at radius 1 is 1.06 bits per heavy atom. The maximum atomic E-state index is 10.5. The third-order valence-electron chi connectivity index (χ3n) is 2.05. The van der Waals surface area contributed by atoms with Crippen molar-refractivity contribution in [1.82, 2.24) is 0 Å². The first-order valence-electron chi connectivity index (χ1n) is 4.16. The van der Waals surface area contributed by atoms with Crippen molar-refractivity contribution in [3.8, 4) is 0 Å². The minimum absolute atomic E-state index is 0. The summed E-state index contributed by atoms with van der Waals surface area (Å²) < 4.78 is 19.4. The summed E-state index contributed by atoms with van der Waals surface area (Å²) in [6, 6.07) is 0. The summed E-state index contributed by atoms with van der Waals surface area (Å²) >= 11 is 0. The van der Waals surface area contributed by atoms with Crippen LogP contribution in [-0.4, -0.2) is 115 Å². The maximum absolute atomic E-state index is 10.5. The Morgan fingerprint density at radius 2 is 1.53 bits per heavy atom. The van der Waals surface area contributed by atoms with Crippen LogP contribution >= 0.6 is 7.82 Å². The fraction of sp³-hybridized carbons (Fsp3) is 1.00. The van der Waals surface area contributed by atoms with Gasteiger partial charge >= 0.3 is 7.82 Å². The molecule has 8 nitrogen and oxygen atoms in total. The molecule has 11 heteroatoms. The molecule has 0 aromatic heterocycles. The van der Waals surface area contributed by atoms with Crippen molar-refractivity contribution in [2.75, 3.05) is 0 Å². The first-order chi connectivity index (χ1) is 6.72. The molecule has 1 fully saturated rings. The van der Waals surface area contributed by atoms with Gasteiger partial charge in [0.2, 0.25) is 0 Å². The largest absolute Gasteiger partial charge is 0.472 e. The number of aliphatic hydroxyl groups excluding tert-OH is 3. The Hall–Kier alpha value is 1.95. The van der Waals surface area contributed by atoms with Gasteiger partial charge < -0.3 is 29.8 Å². The summed E-state index contributed by atoms with van der Waals surface area (Å²) in [4.78, 5) is 17.0. The van der Waals surface area contributed by atoms with E-state index in [4.69, 9.17) is 14.5 Å². The summed E-state index contributed by atoms with van der Waals surface area (Å²) in [7, 11) is -4.82. The molecule has 17 heavy (non-hydrogen) atoms. The van der Waals surface area contributed by atoms with Crippen LogP contribution in [-0.2, 0) is 13.8 Å². The van der Waals surface area contributed by atoms with Gasteiger partial charge in [-0.1, -0.05) is 0 Å². The van der Waals surface area contributed by atoms with E-state index in [9.17, 15) is 19.9 Å². The normalized spacial score (nSPS) is 37.9. The molecule has 1 rings (SSSR count). The van der Waals surface area contributed by atoms with Crippen molar-refractivity contribution in [2.45, 2.75) is 37.6 Å². The number of rotatable bonds is 2. The van der Waals surface area contributed by atoms with Gasteiger partial charge in [0.1, 0.15) is 18.3 Å². The molecule has 1 unspecified atom stereocenters. The molecular formula is C6H13Na2O8P. The molecule has 2 radical (unpaired) electrons. The van der Waals surface area contributed by atoms with Crippen LogP contribution in [0.3, 0.4) is 0 Å². The molecule has 0 aromatic carbocycles. The zero-order valence-corrected chi connectivity index (χ0v) is 14.7. The van der Waals surface area contributed by atoms with Gasteiger partial charge in [-0.25, -0.2) is 4.57 Å². The molecule has 1 saturated heterocycles. The van der Waals surface area contributed by atoms with Gasteiger partial charge in [-0.05, 0) is 6.92 Å². The van der Waals surface area contributed by atoms with E-state index in [2.05, 4.69) is 4.52 Å². The Balaban J connectivity index is 0. The average molecular weight is 290 g/mol. The van der Waals surface area contributed by atoms with E-state index in [1.54, 1.807) is 0 Å². The zero-order chi connectivity index (χ0) is 11.8. The molecule has 1 heterocycles. The SMILES string of the molecule is C[C@@H]1OC(OP(=O)(O)O)[C@@H](O)[C@H](O)[C@@H]1O.[Na].[Na]. The fourth-order valence-corrected chi connectivity index (χ4v) is 1.68. The van der Waals surface area contributed by atoms with E-state index < -0.39 is 38.5 Å². The third kappa shape index (κ3) is 6.29. The van der Waals surface area contributed by atoms with E-state index in [1.807, 2.05) is 0 Å². The minimum atomic E-state index is -4.82. The second-order valence-corrected chi connectivity index (χ2v) is 4.47. The van der Waals surface area contributed by atoms with Gasteiger partial charge in [-0.2, -0.15) is 0 Å². The molecule has 0 aromatic rings. The molecule has 0 spiro atoms. The summed E-state index contributed by atoms with van der Waals surface area (Å²) in [6.07, 6.45) is -7.20. The molecule has 92 valence electrons. The van der Waals surface area contributed by atoms with Gasteiger partial charge in [0.05, 0.1) is 6.10 Å². The summed E-state index contributed by atoms with van der Waals surface area (Å²) in [5.41, 5.74) is 0. The van der Waals surface area contributed by atoms with Gasteiger partial charge in [0, 0.05) is 59.1 Å². The van der Waals surface area contributed by atoms with E-state index >= 15 is 0 Å². The van der Waals surface area contributed by atoms with Gasteiger partial charge in [0.25, 0.3) is 0 Å².